The highest BCUT2D eigenvalue weighted by molar-refractivity contribution is 5.74. The third kappa shape index (κ3) is 2.66. The Hall–Kier alpha value is -1.50. The van der Waals surface area contributed by atoms with E-state index in [2.05, 4.69) is 17.2 Å². The Labute approximate surface area is 123 Å². The molecule has 6 heteroatoms. The average molecular weight is 291 g/mol. The maximum atomic E-state index is 9.74. The van der Waals surface area contributed by atoms with Crippen LogP contribution in [0.5, 0.6) is 0 Å². The van der Waals surface area contributed by atoms with Gasteiger partial charge in [-0.05, 0) is 18.6 Å². The van der Waals surface area contributed by atoms with Crippen molar-refractivity contribution in [3.05, 3.63) is 24.3 Å². The molecule has 0 aliphatic carbocycles. The molecule has 1 N–H and O–H groups in total. The predicted octanol–water partition coefficient (Wildman–Crippen LogP) is 1.68. The van der Waals surface area contributed by atoms with Crippen LogP contribution in [-0.2, 0) is 15.2 Å². The van der Waals surface area contributed by atoms with Gasteiger partial charge in [0.25, 0.3) is 0 Å². The van der Waals surface area contributed by atoms with Crippen molar-refractivity contribution in [3.63, 3.8) is 0 Å². The van der Waals surface area contributed by atoms with E-state index in [1.54, 1.807) is 4.68 Å². The fraction of sp³-hybridized carbons (Fsp3) is 0.600. The van der Waals surface area contributed by atoms with Crippen molar-refractivity contribution >= 4 is 11.0 Å². The normalized spacial score (nSPS) is 25.1. The first kappa shape index (κ1) is 14.4. The molecule has 6 nitrogen and oxygen atoms in total. The highest BCUT2D eigenvalue weighted by Gasteiger charge is 2.48. The van der Waals surface area contributed by atoms with E-state index in [4.69, 9.17) is 9.47 Å². The SMILES string of the molecule is CCCCOCC1C[C@@](CO)(n2nnc3ccccc32)O1. The van der Waals surface area contributed by atoms with Gasteiger partial charge in [0, 0.05) is 13.0 Å². The maximum absolute atomic E-state index is 9.74. The van der Waals surface area contributed by atoms with E-state index in [1.807, 2.05) is 24.3 Å². The van der Waals surface area contributed by atoms with Crippen LogP contribution in [0.2, 0.25) is 0 Å². The summed E-state index contributed by atoms with van der Waals surface area (Å²) < 4.78 is 13.1. The lowest BCUT2D eigenvalue weighted by Crippen LogP contribution is -2.56. The minimum atomic E-state index is -0.797. The van der Waals surface area contributed by atoms with E-state index in [9.17, 15) is 5.11 Å². The van der Waals surface area contributed by atoms with Gasteiger partial charge in [-0.1, -0.05) is 30.7 Å². The van der Waals surface area contributed by atoms with Gasteiger partial charge in [0.05, 0.1) is 24.8 Å². The maximum Gasteiger partial charge on any atom is 0.189 e. The van der Waals surface area contributed by atoms with Gasteiger partial charge in [0.1, 0.15) is 5.52 Å². The van der Waals surface area contributed by atoms with Crippen molar-refractivity contribution in [3.8, 4) is 0 Å². The van der Waals surface area contributed by atoms with Gasteiger partial charge in [0.2, 0.25) is 0 Å². The Morgan fingerprint density at radius 1 is 1.48 bits per heavy atom. The van der Waals surface area contributed by atoms with Gasteiger partial charge in [-0.3, -0.25) is 0 Å². The molecule has 0 radical (unpaired) electrons. The van der Waals surface area contributed by atoms with Gasteiger partial charge in [-0.15, -0.1) is 5.10 Å². The molecule has 1 aliphatic rings. The van der Waals surface area contributed by atoms with Crippen molar-refractivity contribution in [1.29, 1.82) is 0 Å². The summed E-state index contributed by atoms with van der Waals surface area (Å²) in [6.45, 7) is 3.34. The molecule has 114 valence electrons. The number of aromatic nitrogens is 3. The van der Waals surface area contributed by atoms with Crippen LogP contribution in [0.3, 0.4) is 0 Å². The molecule has 2 heterocycles. The highest BCUT2D eigenvalue weighted by atomic mass is 16.6. The molecule has 2 aromatic rings. The van der Waals surface area contributed by atoms with Crippen LogP contribution in [0.25, 0.3) is 11.0 Å². The molecule has 3 rings (SSSR count). The molecule has 2 atom stereocenters. The van der Waals surface area contributed by atoms with Crippen LogP contribution in [0, 0.1) is 0 Å². The van der Waals surface area contributed by atoms with Crippen LogP contribution in [0.1, 0.15) is 26.2 Å². The summed E-state index contributed by atoms with van der Waals surface area (Å²) in [5.74, 6) is 0. The molecular weight excluding hydrogens is 270 g/mol. The zero-order valence-corrected chi connectivity index (χ0v) is 12.2. The molecule has 1 unspecified atom stereocenters. The van der Waals surface area contributed by atoms with Crippen LogP contribution < -0.4 is 0 Å². The van der Waals surface area contributed by atoms with E-state index in [-0.39, 0.29) is 12.7 Å². The molecule has 21 heavy (non-hydrogen) atoms. The van der Waals surface area contributed by atoms with Crippen LogP contribution in [-0.4, -0.2) is 46.0 Å². The van der Waals surface area contributed by atoms with Crippen molar-refractivity contribution in [2.45, 2.75) is 38.0 Å². The fourth-order valence-electron chi connectivity index (χ4n) is 2.69. The standard InChI is InChI=1S/C15H21N3O3/c1-2-3-8-20-10-12-9-15(11-19,21-12)18-14-7-5-4-6-13(14)16-17-18/h4-7,12,19H,2-3,8-11H2,1H3/t12?,15-/m1/s1. The molecule has 1 aromatic carbocycles. The summed E-state index contributed by atoms with van der Waals surface area (Å²) in [6.07, 6.45) is 2.88. The second-order valence-corrected chi connectivity index (χ2v) is 5.47. The first-order chi connectivity index (χ1) is 10.3. The van der Waals surface area contributed by atoms with E-state index < -0.39 is 5.72 Å². The first-order valence-electron chi connectivity index (χ1n) is 7.46. The summed E-state index contributed by atoms with van der Waals surface area (Å²) in [7, 11) is 0. The third-order valence-electron chi connectivity index (χ3n) is 3.86. The van der Waals surface area contributed by atoms with Gasteiger partial charge in [-0.2, -0.15) is 0 Å². The summed E-state index contributed by atoms with van der Waals surface area (Å²) in [4.78, 5) is 0. The largest absolute Gasteiger partial charge is 0.391 e. The number of hydrogen-bond acceptors (Lipinski definition) is 5. The van der Waals surface area contributed by atoms with Crippen molar-refractivity contribution in [1.82, 2.24) is 15.0 Å². The minimum absolute atomic E-state index is 0.0111. The Morgan fingerprint density at radius 3 is 3.05 bits per heavy atom. The van der Waals surface area contributed by atoms with E-state index in [1.165, 1.54) is 0 Å². The predicted molar refractivity (Wildman–Crippen MR) is 77.8 cm³/mol. The molecule has 1 aliphatic heterocycles. The lowest BCUT2D eigenvalue weighted by atomic mass is 9.98. The van der Waals surface area contributed by atoms with Crippen molar-refractivity contribution in [2.75, 3.05) is 19.8 Å². The molecule has 0 amide bonds. The number of benzene rings is 1. The topological polar surface area (TPSA) is 69.4 Å². The Balaban J connectivity index is 1.67. The van der Waals surface area contributed by atoms with E-state index >= 15 is 0 Å². The number of aliphatic hydroxyl groups is 1. The third-order valence-corrected chi connectivity index (χ3v) is 3.86. The summed E-state index contributed by atoms with van der Waals surface area (Å²) in [6, 6.07) is 7.67. The number of unbranched alkanes of at least 4 members (excludes halogenated alkanes) is 1. The fourth-order valence-corrected chi connectivity index (χ4v) is 2.69. The van der Waals surface area contributed by atoms with Crippen LogP contribution >= 0.6 is 0 Å². The Bertz CT molecular complexity index is 593. The van der Waals surface area contributed by atoms with Gasteiger partial charge >= 0.3 is 0 Å². The van der Waals surface area contributed by atoms with Crippen molar-refractivity contribution < 1.29 is 14.6 Å². The molecule has 0 saturated carbocycles. The monoisotopic (exact) mass is 291 g/mol. The summed E-state index contributed by atoms with van der Waals surface area (Å²) >= 11 is 0. The molecule has 1 aromatic heterocycles. The van der Waals surface area contributed by atoms with Crippen molar-refractivity contribution in [2.24, 2.45) is 0 Å². The highest BCUT2D eigenvalue weighted by Crippen LogP contribution is 2.38. The summed E-state index contributed by atoms with van der Waals surface area (Å²) in [5, 5.41) is 18.0. The molecule has 0 bridgehead atoms. The number of aliphatic hydroxyl groups excluding tert-OH is 1. The molecule has 1 fully saturated rings. The van der Waals surface area contributed by atoms with Crippen LogP contribution in [0.15, 0.2) is 24.3 Å². The van der Waals surface area contributed by atoms with E-state index in [0.29, 0.717) is 13.0 Å². The number of ether oxygens (including phenoxy) is 2. The molecule has 1 saturated heterocycles. The number of hydrogen-bond donors (Lipinski definition) is 1. The zero-order valence-electron chi connectivity index (χ0n) is 12.2. The summed E-state index contributed by atoms with van der Waals surface area (Å²) in [5.41, 5.74) is 0.878. The lowest BCUT2D eigenvalue weighted by molar-refractivity contribution is -0.287. The Kier molecular flexibility index (Phi) is 4.19. The van der Waals surface area contributed by atoms with Crippen LogP contribution in [0.4, 0.5) is 0 Å². The van der Waals surface area contributed by atoms with E-state index in [0.717, 1.165) is 30.5 Å². The number of nitrogens with zero attached hydrogens (tertiary/aromatic N) is 3. The second kappa shape index (κ2) is 6.09. The molecular formula is C15H21N3O3. The quantitative estimate of drug-likeness (QED) is 0.786. The second-order valence-electron chi connectivity index (χ2n) is 5.47. The number of rotatable bonds is 7. The first-order valence-corrected chi connectivity index (χ1v) is 7.46. The van der Waals surface area contributed by atoms with Gasteiger partial charge in [-0.25, -0.2) is 4.68 Å². The average Bonchev–Trinajstić information content (AvgIpc) is 2.90. The Morgan fingerprint density at radius 2 is 2.29 bits per heavy atom. The smallest absolute Gasteiger partial charge is 0.189 e. The molecule has 0 spiro atoms. The minimum Gasteiger partial charge on any atom is -0.391 e. The van der Waals surface area contributed by atoms with Gasteiger partial charge in [0.15, 0.2) is 5.72 Å². The zero-order chi connectivity index (χ0) is 14.7. The lowest BCUT2D eigenvalue weighted by Gasteiger charge is -2.46. The number of fused-ring (bicyclic) bond motifs is 1. The van der Waals surface area contributed by atoms with Gasteiger partial charge < -0.3 is 14.6 Å². The number of para-hydroxylation sites is 1.